The summed E-state index contributed by atoms with van der Waals surface area (Å²) in [6, 6.07) is 7.54. The van der Waals surface area contributed by atoms with Crippen molar-refractivity contribution in [1.29, 1.82) is 0 Å². The van der Waals surface area contributed by atoms with E-state index in [1.165, 1.54) is 0 Å². The van der Waals surface area contributed by atoms with Crippen LogP contribution in [0.3, 0.4) is 0 Å². The van der Waals surface area contributed by atoms with Gasteiger partial charge in [-0.25, -0.2) is 0 Å². The quantitative estimate of drug-likeness (QED) is 0.816. The number of Topliss-reactive ketones (excluding diaryl/α,β-unsaturated/α-hetero) is 1. The summed E-state index contributed by atoms with van der Waals surface area (Å²) in [5, 5.41) is 7.72. The summed E-state index contributed by atoms with van der Waals surface area (Å²) in [6.07, 6.45) is 1.87. The molecule has 1 fully saturated rings. The van der Waals surface area contributed by atoms with E-state index < -0.39 is 0 Å². The monoisotopic (exact) mass is 292 g/mol. The normalized spacial score (nSPS) is 14.9. The minimum Gasteiger partial charge on any atom is -0.414 e. The Morgan fingerprint density at radius 3 is 2.76 bits per heavy atom. The molecule has 0 N–H and O–H groups in total. The molecule has 0 atom stereocenters. The summed E-state index contributed by atoms with van der Waals surface area (Å²) >= 11 is 3.41. The molecule has 0 unspecified atom stereocenters. The molecule has 1 aliphatic rings. The minimum atomic E-state index is -0.0317. The van der Waals surface area contributed by atoms with Crippen LogP contribution >= 0.6 is 15.9 Å². The maximum Gasteiger partial charge on any atom is 0.284 e. The predicted molar refractivity (Wildman–Crippen MR) is 64.5 cm³/mol. The second-order valence-electron chi connectivity index (χ2n) is 4.03. The molecule has 86 valence electrons. The number of carbonyl (C=O) groups is 1. The number of ketones is 1. The van der Waals surface area contributed by atoms with E-state index in [0.29, 0.717) is 5.89 Å². The Morgan fingerprint density at radius 1 is 1.29 bits per heavy atom. The molecule has 1 heterocycles. The predicted octanol–water partition coefficient (Wildman–Crippen LogP) is 3.09. The number of hydrogen-bond acceptors (Lipinski definition) is 4. The van der Waals surface area contributed by atoms with Gasteiger partial charge in [-0.15, -0.1) is 10.2 Å². The van der Waals surface area contributed by atoms with Crippen molar-refractivity contribution in [3.05, 3.63) is 34.6 Å². The largest absolute Gasteiger partial charge is 0.414 e. The lowest BCUT2D eigenvalue weighted by Gasteiger charge is -1.96. The third kappa shape index (κ3) is 2.02. The molecule has 2 aromatic rings. The van der Waals surface area contributed by atoms with Crippen LogP contribution in [-0.4, -0.2) is 16.0 Å². The van der Waals surface area contributed by atoms with Gasteiger partial charge in [0.05, 0.1) is 5.56 Å². The fourth-order valence-corrected chi connectivity index (χ4v) is 2.04. The number of hydrogen-bond donors (Lipinski definition) is 0. The van der Waals surface area contributed by atoms with Crippen LogP contribution in [0.1, 0.15) is 23.5 Å². The maximum absolute atomic E-state index is 11.7. The Hall–Kier alpha value is -1.49. The van der Waals surface area contributed by atoms with Crippen molar-refractivity contribution in [2.24, 2.45) is 5.92 Å². The van der Waals surface area contributed by atoms with Gasteiger partial charge >= 0.3 is 0 Å². The fourth-order valence-electron chi connectivity index (χ4n) is 1.59. The molecule has 1 aromatic carbocycles. The topological polar surface area (TPSA) is 56.0 Å². The van der Waals surface area contributed by atoms with Gasteiger partial charge in [0.2, 0.25) is 11.7 Å². The van der Waals surface area contributed by atoms with Crippen LogP contribution < -0.4 is 0 Å². The molecule has 1 saturated carbocycles. The molecule has 0 amide bonds. The summed E-state index contributed by atoms with van der Waals surface area (Å²) < 4.78 is 6.28. The average Bonchev–Trinajstić information content (AvgIpc) is 3.07. The minimum absolute atomic E-state index is 0.0317. The number of rotatable bonds is 3. The standard InChI is InChI=1S/C12H9BrN2O2/c13-9-4-2-1-3-8(9)11-14-15-12(17-11)10(16)7-5-6-7/h1-4,7H,5-6H2. The molecule has 0 aliphatic heterocycles. The molecule has 17 heavy (non-hydrogen) atoms. The van der Waals surface area contributed by atoms with Crippen LogP contribution in [0, 0.1) is 5.92 Å². The van der Waals surface area contributed by atoms with Gasteiger partial charge in [0.15, 0.2) is 0 Å². The highest BCUT2D eigenvalue weighted by atomic mass is 79.9. The number of aromatic nitrogens is 2. The van der Waals surface area contributed by atoms with Crippen molar-refractivity contribution >= 4 is 21.7 Å². The first kappa shape index (κ1) is 10.7. The molecule has 0 saturated heterocycles. The molecular weight excluding hydrogens is 284 g/mol. The van der Waals surface area contributed by atoms with Crippen LogP contribution in [0.2, 0.25) is 0 Å². The van der Waals surface area contributed by atoms with Crippen molar-refractivity contribution in [2.45, 2.75) is 12.8 Å². The highest BCUT2D eigenvalue weighted by Gasteiger charge is 2.34. The van der Waals surface area contributed by atoms with Gasteiger partial charge in [-0.2, -0.15) is 0 Å². The van der Waals surface area contributed by atoms with E-state index in [1.807, 2.05) is 24.3 Å². The zero-order chi connectivity index (χ0) is 11.8. The first-order valence-electron chi connectivity index (χ1n) is 5.38. The SMILES string of the molecule is O=C(c1nnc(-c2ccccc2Br)o1)C1CC1. The smallest absolute Gasteiger partial charge is 0.284 e. The fraction of sp³-hybridized carbons (Fsp3) is 0.250. The van der Waals surface area contributed by atoms with Gasteiger partial charge in [0.1, 0.15) is 0 Å². The number of halogens is 1. The lowest BCUT2D eigenvalue weighted by atomic mass is 10.2. The number of carbonyl (C=O) groups excluding carboxylic acids is 1. The van der Waals surface area contributed by atoms with Crippen LogP contribution in [0.15, 0.2) is 33.2 Å². The van der Waals surface area contributed by atoms with E-state index >= 15 is 0 Å². The third-order valence-corrected chi connectivity index (χ3v) is 3.38. The van der Waals surface area contributed by atoms with Crippen LogP contribution in [-0.2, 0) is 0 Å². The van der Waals surface area contributed by atoms with E-state index in [2.05, 4.69) is 26.1 Å². The van der Waals surface area contributed by atoms with E-state index in [9.17, 15) is 4.79 Å². The third-order valence-electron chi connectivity index (χ3n) is 2.69. The molecule has 3 rings (SSSR count). The molecule has 5 heteroatoms. The van der Waals surface area contributed by atoms with E-state index in [-0.39, 0.29) is 17.6 Å². The second-order valence-corrected chi connectivity index (χ2v) is 4.89. The molecule has 1 aromatic heterocycles. The molecule has 0 bridgehead atoms. The summed E-state index contributed by atoms with van der Waals surface area (Å²) in [6.45, 7) is 0. The Balaban J connectivity index is 1.94. The van der Waals surface area contributed by atoms with Crippen LogP contribution in [0.25, 0.3) is 11.5 Å². The summed E-state index contributed by atoms with van der Waals surface area (Å²) in [4.78, 5) is 11.7. The summed E-state index contributed by atoms with van der Waals surface area (Å²) in [7, 11) is 0. The molecule has 1 aliphatic carbocycles. The molecular formula is C12H9BrN2O2. The Morgan fingerprint density at radius 2 is 2.06 bits per heavy atom. The van der Waals surface area contributed by atoms with Crippen molar-refractivity contribution < 1.29 is 9.21 Å². The molecule has 0 radical (unpaired) electrons. The summed E-state index contributed by atoms with van der Waals surface area (Å²) in [5.41, 5.74) is 0.801. The molecule has 4 nitrogen and oxygen atoms in total. The zero-order valence-corrected chi connectivity index (χ0v) is 10.5. The van der Waals surface area contributed by atoms with Crippen molar-refractivity contribution in [1.82, 2.24) is 10.2 Å². The summed E-state index contributed by atoms with van der Waals surface area (Å²) in [5.74, 6) is 0.568. The Kier molecular flexibility index (Phi) is 2.55. The van der Waals surface area contributed by atoms with Crippen molar-refractivity contribution in [2.75, 3.05) is 0 Å². The Bertz CT molecular complexity index is 575. The van der Waals surface area contributed by atoms with Gasteiger partial charge in [-0.3, -0.25) is 4.79 Å². The highest BCUT2D eigenvalue weighted by Crippen LogP contribution is 2.33. The van der Waals surface area contributed by atoms with Crippen molar-refractivity contribution in [3.63, 3.8) is 0 Å². The maximum atomic E-state index is 11.7. The first-order valence-corrected chi connectivity index (χ1v) is 6.17. The Labute approximate surface area is 106 Å². The number of benzene rings is 1. The first-order chi connectivity index (χ1) is 8.25. The second kappa shape index (κ2) is 4.07. The zero-order valence-electron chi connectivity index (χ0n) is 8.89. The van der Waals surface area contributed by atoms with E-state index in [4.69, 9.17) is 4.42 Å². The van der Waals surface area contributed by atoms with Gasteiger partial charge in [-0.1, -0.05) is 12.1 Å². The van der Waals surface area contributed by atoms with E-state index in [1.54, 1.807) is 0 Å². The number of nitrogens with zero attached hydrogens (tertiary/aromatic N) is 2. The lowest BCUT2D eigenvalue weighted by Crippen LogP contribution is -2.01. The van der Waals surface area contributed by atoms with Gasteiger partial charge in [0.25, 0.3) is 5.89 Å². The highest BCUT2D eigenvalue weighted by molar-refractivity contribution is 9.10. The van der Waals surface area contributed by atoms with Gasteiger partial charge in [0, 0.05) is 10.4 Å². The van der Waals surface area contributed by atoms with Crippen LogP contribution in [0.4, 0.5) is 0 Å². The lowest BCUT2D eigenvalue weighted by molar-refractivity contribution is 0.0934. The van der Waals surface area contributed by atoms with Gasteiger partial charge < -0.3 is 4.42 Å². The van der Waals surface area contributed by atoms with Gasteiger partial charge in [-0.05, 0) is 40.9 Å². The average molecular weight is 293 g/mol. The van der Waals surface area contributed by atoms with E-state index in [0.717, 1.165) is 22.9 Å². The van der Waals surface area contributed by atoms with Crippen molar-refractivity contribution in [3.8, 4) is 11.5 Å². The van der Waals surface area contributed by atoms with Crippen LogP contribution in [0.5, 0.6) is 0 Å². The molecule has 0 spiro atoms.